The molecule has 3 aromatic rings. The molecule has 0 aliphatic carbocycles. The highest BCUT2D eigenvalue weighted by Crippen LogP contribution is 2.50. The Balaban J connectivity index is 1.41. The number of carbonyl (C=O) groups is 1. The molecule has 218 valence electrons. The number of para-hydroxylation sites is 1. The average Bonchev–Trinajstić information content (AvgIpc) is 3.23. The number of nitrogens with zero attached hydrogens (tertiary/aromatic N) is 1. The summed E-state index contributed by atoms with van der Waals surface area (Å²) in [6.07, 6.45) is 4.77. The number of halogens is 2. The Morgan fingerprint density at radius 3 is 2.39 bits per heavy atom. The summed E-state index contributed by atoms with van der Waals surface area (Å²) in [4.78, 5) is 14.1. The van der Waals surface area contributed by atoms with Gasteiger partial charge in [0.1, 0.15) is 6.54 Å². The number of sulfonamides is 1. The molecule has 2 heterocycles. The van der Waals surface area contributed by atoms with Crippen molar-refractivity contribution in [2.24, 2.45) is 0 Å². The van der Waals surface area contributed by atoms with Gasteiger partial charge >= 0.3 is 10.0 Å². The van der Waals surface area contributed by atoms with Gasteiger partial charge in [0.25, 0.3) is 5.91 Å². The van der Waals surface area contributed by atoms with Crippen LogP contribution in [0.1, 0.15) is 42.4 Å². The van der Waals surface area contributed by atoms with Gasteiger partial charge in [0.2, 0.25) is 0 Å². The third kappa shape index (κ3) is 6.33. The predicted octanol–water partition coefficient (Wildman–Crippen LogP) is 5.11. The molecule has 0 radical (unpaired) electrons. The SMILES string of the molecule is CS(=O)(=O)[N+]1(NC(=O)C(CCCc2ccc(Cl)c(Cl)c2)NCc2ccccc2)CC2(CCNCC2)c2ccccc21. The second kappa shape index (κ2) is 12.4. The van der Waals surface area contributed by atoms with E-state index in [0.29, 0.717) is 41.5 Å². The van der Waals surface area contributed by atoms with Gasteiger partial charge in [-0.15, -0.1) is 0 Å². The smallest absolute Gasteiger partial charge is 0.317 e. The Kier molecular flexibility index (Phi) is 9.09. The first-order valence-electron chi connectivity index (χ1n) is 14.1. The molecule has 1 saturated heterocycles. The molecule has 3 aromatic carbocycles. The van der Waals surface area contributed by atoms with Gasteiger partial charge in [0.05, 0.1) is 27.8 Å². The normalized spacial score (nSPS) is 20.5. The minimum Gasteiger partial charge on any atom is -0.317 e. The fourth-order valence-electron chi connectivity index (χ4n) is 6.27. The van der Waals surface area contributed by atoms with E-state index in [2.05, 4.69) is 16.1 Å². The number of fused-ring (bicyclic) bond motifs is 2. The first-order chi connectivity index (χ1) is 19.6. The lowest BCUT2D eigenvalue weighted by atomic mass is 9.75. The zero-order chi connectivity index (χ0) is 29.1. The molecular weight excluding hydrogens is 579 g/mol. The topological polar surface area (TPSA) is 87.3 Å². The van der Waals surface area contributed by atoms with E-state index in [1.165, 1.54) is 6.26 Å². The molecule has 0 aromatic heterocycles. The predicted molar refractivity (Wildman–Crippen MR) is 166 cm³/mol. The summed E-state index contributed by atoms with van der Waals surface area (Å²) in [5, 5.41) is 7.81. The van der Waals surface area contributed by atoms with E-state index in [-0.39, 0.29) is 17.9 Å². The summed E-state index contributed by atoms with van der Waals surface area (Å²) in [5.74, 6) is -0.332. The van der Waals surface area contributed by atoms with Crippen molar-refractivity contribution in [3.8, 4) is 0 Å². The molecule has 10 heteroatoms. The van der Waals surface area contributed by atoms with Crippen molar-refractivity contribution in [3.05, 3.63) is 99.5 Å². The Bertz CT molecular complexity index is 1500. The molecule has 2 aliphatic heterocycles. The summed E-state index contributed by atoms with van der Waals surface area (Å²) < 4.78 is 26.7. The highest BCUT2D eigenvalue weighted by Gasteiger charge is 2.60. The number of hydrogen-bond acceptors (Lipinski definition) is 5. The molecule has 41 heavy (non-hydrogen) atoms. The van der Waals surface area contributed by atoms with Crippen molar-refractivity contribution < 1.29 is 13.2 Å². The number of carbonyl (C=O) groups excluding carboxylic acids is 1. The van der Waals surface area contributed by atoms with Gasteiger partial charge < -0.3 is 10.6 Å². The largest absolute Gasteiger partial charge is 0.321 e. The van der Waals surface area contributed by atoms with E-state index in [1.807, 2.05) is 66.7 Å². The van der Waals surface area contributed by atoms with Crippen LogP contribution in [0.4, 0.5) is 5.69 Å². The molecule has 7 nitrogen and oxygen atoms in total. The molecule has 1 fully saturated rings. The fourth-order valence-corrected chi connectivity index (χ4v) is 7.84. The summed E-state index contributed by atoms with van der Waals surface area (Å²) in [5.41, 5.74) is 6.46. The van der Waals surface area contributed by atoms with Gasteiger partial charge in [0, 0.05) is 18.2 Å². The first-order valence-corrected chi connectivity index (χ1v) is 16.7. The molecule has 0 bridgehead atoms. The van der Waals surface area contributed by atoms with Gasteiger partial charge in [0.15, 0.2) is 5.69 Å². The van der Waals surface area contributed by atoms with Gasteiger partial charge in [-0.3, -0.25) is 4.79 Å². The monoisotopic (exact) mass is 615 g/mol. The Morgan fingerprint density at radius 1 is 0.976 bits per heavy atom. The van der Waals surface area contributed by atoms with E-state index in [4.69, 9.17) is 23.2 Å². The minimum absolute atomic E-state index is 0.285. The first kappa shape index (κ1) is 30.0. The summed E-state index contributed by atoms with van der Waals surface area (Å²) in [7, 11) is -3.79. The maximum atomic E-state index is 14.1. The van der Waals surface area contributed by atoms with Crippen LogP contribution in [-0.2, 0) is 33.2 Å². The van der Waals surface area contributed by atoms with Crippen LogP contribution in [0.2, 0.25) is 10.0 Å². The van der Waals surface area contributed by atoms with Crippen LogP contribution in [0, 0.1) is 0 Å². The van der Waals surface area contributed by atoms with E-state index in [9.17, 15) is 13.2 Å². The number of quaternary nitrogens is 1. The zero-order valence-electron chi connectivity index (χ0n) is 23.2. The molecule has 1 amide bonds. The second-order valence-electron chi connectivity index (χ2n) is 11.2. The number of rotatable bonds is 10. The van der Waals surface area contributed by atoms with Crippen LogP contribution in [0.15, 0.2) is 72.8 Å². The number of piperidine rings is 1. The van der Waals surface area contributed by atoms with E-state index < -0.39 is 20.1 Å². The van der Waals surface area contributed by atoms with Crippen molar-refractivity contribution in [2.75, 3.05) is 25.9 Å². The van der Waals surface area contributed by atoms with Crippen LogP contribution in [0.25, 0.3) is 0 Å². The van der Waals surface area contributed by atoms with Crippen LogP contribution in [-0.4, -0.2) is 46.3 Å². The standard InChI is InChI=1S/C31H36Cl2N4O3S/c1-41(39,40)37(22-31(16-18-34-19-17-31)25-11-5-6-13-29(25)37)36-30(38)28(35-21-24-8-3-2-4-9-24)12-7-10-23-14-15-26(32)27(33)20-23/h2-6,8-9,11,13-15,20,28,34-35H,7,10,12,16-19,21-22H2,1H3/p+1. The van der Waals surface area contributed by atoms with Gasteiger partial charge in [-0.05, 0) is 68.5 Å². The van der Waals surface area contributed by atoms with Crippen molar-refractivity contribution in [3.63, 3.8) is 0 Å². The van der Waals surface area contributed by atoms with Crippen LogP contribution >= 0.6 is 23.2 Å². The highest BCUT2D eigenvalue weighted by atomic mass is 35.5. The van der Waals surface area contributed by atoms with Gasteiger partial charge in [-0.1, -0.05) is 81.8 Å². The summed E-state index contributed by atoms with van der Waals surface area (Å²) in [6.45, 7) is 2.38. The Labute approximate surface area is 252 Å². The fraction of sp³-hybridized carbons (Fsp3) is 0.387. The Hall–Kier alpha value is -2.46. The van der Waals surface area contributed by atoms with Crippen LogP contribution in [0.3, 0.4) is 0 Å². The van der Waals surface area contributed by atoms with E-state index >= 15 is 0 Å². The quantitative estimate of drug-likeness (QED) is 0.276. The lowest BCUT2D eigenvalue weighted by molar-refractivity contribution is -0.126. The third-order valence-electron chi connectivity index (χ3n) is 8.46. The Morgan fingerprint density at radius 2 is 1.68 bits per heavy atom. The molecule has 1 spiro atoms. The number of aryl methyl sites for hydroxylation is 1. The average molecular weight is 617 g/mol. The van der Waals surface area contributed by atoms with Gasteiger partial charge in [-0.25, -0.2) is 0 Å². The molecule has 5 rings (SSSR count). The molecular formula is C31H37Cl2N4O3S+. The molecule has 0 saturated carbocycles. The van der Waals surface area contributed by atoms with E-state index in [1.54, 1.807) is 6.07 Å². The van der Waals surface area contributed by atoms with Crippen molar-refractivity contribution >= 4 is 44.8 Å². The number of amides is 1. The van der Waals surface area contributed by atoms with Crippen LogP contribution < -0.4 is 20.1 Å². The summed E-state index contributed by atoms with van der Waals surface area (Å²) in [6, 6.07) is 22.5. The molecule has 2 aliphatic rings. The third-order valence-corrected chi connectivity index (χ3v) is 10.8. The molecule has 3 N–H and O–H groups in total. The van der Waals surface area contributed by atoms with Crippen LogP contribution in [0.5, 0.6) is 0 Å². The van der Waals surface area contributed by atoms with Crippen molar-refractivity contribution in [1.82, 2.24) is 20.1 Å². The maximum Gasteiger partial charge on any atom is 0.321 e. The number of nitrogens with one attached hydrogen (secondary N) is 3. The lowest BCUT2D eigenvalue weighted by Crippen LogP contribution is -2.68. The number of benzene rings is 3. The highest BCUT2D eigenvalue weighted by molar-refractivity contribution is 7.90. The number of hydrogen-bond donors (Lipinski definition) is 3. The van der Waals surface area contributed by atoms with Crippen molar-refractivity contribution in [2.45, 2.75) is 50.1 Å². The lowest BCUT2D eigenvalue weighted by Gasteiger charge is -2.36. The molecule has 2 atom stereocenters. The maximum absolute atomic E-state index is 14.1. The second-order valence-corrected chi connectivity index (χ2v) is 14.1. The van der Waals surface area contributed by atoms with Crippen molar-refractivity contribution in [1.29, 1.82) is 0 Å². The minimum atomic E-state index is -3.79. The zero-order valence-corrected chi connectivity index (χ0v) is 25.5. The molecule has 2 unspecified atom stereocenters. The summed E-state index contributed by atoms with van der Waals surface area (Å²) >= 11 is 12.3. The van der Waals surface area contributed by atoms with E-state index in [0.717, 1.165) is 42.6 Å². The van der Waals surface area contributed by atoms with Gasteiger partial charge in [-0.2, -0.15) is 13.8 Å².